The van der Waals surface area contributed by atoms with Gasteiger partial charge in [-0.05, 0) is 31.7 Å². The number of benzene rings is 1. The van der Waals surface area contributed by atoms with Gasteiger partial charge in [-0.1, -0.05) is 0 Å². The summed E-state index contributed by atoms with van der Waals surface area (Å²) in [4.78, 5) is 21.5. The van der Waals surface area contributed by atoms with Crippen LogP contribution in [-0.4, -0.2) is 21.5 Å². The number of nitrogens with zero attached hydrogens (tertiary/aromatic N) is 1. The molecule has 19 heavy (non-hydrogen) atoms. The second kappa shape index (κ2) is 4.40. The quantitative estimate of drug-likeness (QED) is 0.659. The van der Waals surface area contributed by atoms with Crippen LogP contribution in [0.1, 0.15) is 11.5 Å². The molecule has 1 aromatic carbocycles. The lowest BCUT2D eigenvalue weighted by Gasteiger charge is -2.01. The van der Waals surface area contributed by atoms with Crippen LogP contribution in [-0.2, 0) is 6.42 Å². The van der Waals surface area contributed by atoms with Crippen LogP contribution in [0.3, 0.4) is 0 Å². The fourth-order valence-electron chi connectivity index (χ4n) is 2.20. The van der Waals surface area contributed by atoms with Crippen molar-refractivity contribution in [2.24, 2.45) is 5.73 Å². The zero-order valence-electron chi connectivity index (χ0n) is 10.5. The fourth-order valence-corrected chi connectivity index (χ4v) is 2.20. The molecule has 4 N–H and O–H groups in total. The summed E-state index contributed by atoms with van der Waals surface area (Å²) in [5, 5.41) is 0. The van der Waals surface area contributed by atoms with E-state index in [9.17, 15) is 4.79 Å². The number of aromatic amines is 2. The third-order valence-corrected chi connectivity index (χ3v) is 2.98. The number of oxazole rings is 1. The van der Waals surface area contributed by atoms with Crippen LogP contribution in [0.25, 0.3) is 22.4 Å². The normalized spacial score (nSPS) is 11.3. The molecule has 6 heteroatoms. The Labute approximate surface area is 108 Å². The second-order valence-electron chi connectivity index (χ2n) is 4.41. The molecule has 0 saturated heterocycles. The van der Waals surface area contributed by atoms with Crippen LogP contribution in [0.4, 0.5) is 0 Å². The summed E-state index contributed by atoms with van der Waals surface area (Å²) in [5.41, 5.74) is 9.61. The maximum atomic E-state index is 11.1. The van der Waals surface area contributed by atoms with Crippen LogP contribution < -0.4 is 11.5 Å². The summed E-state index contributed by atoms with van der Waals surface area (Å²) in [5.74, 6) is 0.395. The van der Waals surface area contributed by atoms with Crippen molar-refractivity contribution >= 4 is 11.1 Å². The van der Waals surface area contributed by atoms with E-state index in [2.05, 4.69) is 15.0 Å². The number of fused-ring (bicyclic) bond motifs is 1. The molecule has 3 rings (SSSR count). The van der Waals surface area contributed by atoms with Gasteiger partial charge in [0.2, 0.25) is 0 Å². The van der Waals surface area contributed by atoms with Crippen LogP contribution in [0.5, 0.6) is 0 Å². The molecule has 0 atom stereocenters. The molecule has 98 valence electrons. The first kappa shape index (κ1) is 11.7. The van der Waals surface area contributed by atoms with Gasteiger partial charge in [-0.3, -0.25) is 4.98 Å². The van der Waals surface area contributed by atoms with Gasteiger partial charge in [0, 0.05) is 17.7 Å². The molecule has 0 radical (unpaired) electrons. The molecule has 0 bridgehead atoms. The minimum absolute atomic E-state index is 0.451. The number of H-pyrrole nitrogens is 2. The van der Waals surface area contributed by atoms with Crippen molar-refractivity contribution in [3.05, 3.63) is 40.3 Å². The summed E-state index contributed by atoms with van der Waals surface area (Å²) in [6.45, 7) is 2.46. The van der Waals surface area contributed by atoms with Crippen molar-refractivity contribution in [2.75, 3.05) is 6.54 Å². The van der Waals surface area contributed by atoms with Crippen LogP contribution >= 0.6 is 0 Å². The molecule has 6 nitrogen and oxygen atoms in total. The summed E-state index contributed by atoms with van der Waals surface area (Å²) in [6, 6.07) is 5.50. The highest BCUT2D eigenvalue weighted by Crippen LogP contribution is 2.24. The summed E-state index contributed by atoms with van der Waals surface area (Å²) in [7, 11) is 0. The Balaban J connectivity index is 2.15. The number of hydrogen-bond donors (Lipinski definition) is 3. The van der Waals surface area contributed by atoms with E-state index in [0.29, 0.717) is 17.6 Å². The lowest BCUT2D eigenvalue weighted by molar-refractivity contribution is 0.555. The minimum Gasteiger partial charge on any atom is -0.408 e. The molecule has 2 aromatic heterocycles. The Morgan fingerprint density at radius 2 is 2.21 bits per heavy atom. The van der Waals surface area contributed by atoms with Crippen molar-refractivity contribution in [1.82, 2.24) is 15.0 Å². The predicted molar refractivity (Wildman–Crippen MR) is 71.9 cm³/mol. The average molecular weight is 258 g/mol. The summed E-state index contributed by atoms with van der Waals surface area (Å²) >= 11 is 0. The van der Waals surface area contributed by atoms with E-state index in [1.807, 2.05) is 19.1 Å². The SMILES string of the molecule is Cc1nc(-c2ccc3oc(=O)[nH]c3c2)c(CCN)[nH]1. The first-order valence-electron chi connectivity index (χ1n) is 6.06. The van der Waals surface area contributed by atoms with E-state index in [0.717, 1.165) is 29.2 Å². The average Bonchev–Trinajstić information content (AvgIpc) is 2.90. The highest BCUT2D eigenvalue weighted by molar-refractivity contribution is 5.79. The van der Waals surface area contributed by atoms with Gasteiger partial charge in [0.1, 0.15) is 5.82 Å². The number of rotatable bonds is 3. The number of nitrogens with one attached hydrogen (secondary N) is 2. The molecule has 0 aliphatic rings. The Hall–Kier alpha value is -2.34. The topological polar surface area (TPSA) is 101 Å². The van der Waals surface area contributed by atoms with E-state index in [1.165, 1.54) is 0 Å². The van der Waals surface area contributed by atoms with Gasteiger partial charge in [-0.25, -0.2) is 9.78 Å². The zero-order chi connectivity index (χ0) is 13.4. The molecule has 0 saturated carbocycles. The van der Waals surface area contributed by atoms with Crippen molar-refractivity contribution in [3.63, 3.8) is 0 Å². The minimum atomic E-state index is -0.451. The van der Waals surface area contributed by atoms with Crippen molar-refractivity contribution in [2.45, 2.75) is 13.3 Å². The van der Waals surface area contributed by atoms with E-state index < -0.39 is 5.76 Å². The number of aromatic nitrogens is 3. The smallest absolute Gasteiger partial charge is 0.408 e. The Bertz CT molecular complexity index is 781. The van der Waals surface area contributed by atoms with Crippen molar-refractivity contribution < 1.29 is 4.42 Å². The monoisotopic (exact) mass is 258 g/mol. The Morgan fingerprint density at radius 3 is 3.00 bits per heavy atom. The maximum absolute atomic E-state index is 11.1. The molecule has 0 unspecified atom stereocenters. The maximum Gasteiger partial charge on any atom is 0.417 e. The highest BCUT2D eigenvalue weighted by Gasteiger charge is 2.11. The van der Waals surface area contributed by atoms with Gasteiger partial charge >= 0.3 is 5.76 Å². The van der Waals surface area contributed by atoms with E-state index in [4.69, 9.17) is 10.2 Å². The van der Waals surface area contributed by atoms with E-state index in [1.54, 1.807) is 6.07 Å². The molecule has 0 aliphatic carbocycles. The number of hydrogen-bond acceptors (Lipinski definition) is 4. The van der Waals surface area contributed by atoms with Crippen molar-refractivity contribution in [3.8, 4) is 11.3 Å². The summed E-state index contributed by atoms with van der Waals surface area (Å²) < 4.78 is 4.98. The fraction of sp³-hybridized carbons (Fsp3) is 0.231. The number of imidazole rings is 1. The molecular weight excluding hydrogens is 244 g/mol. The third kappa shape index (κ3) is 2.06. The Kier molecular flexibility index (Phi) is 2.72. The number of nitrogens with two attached hydrogens (primary N) is 1. The van der Waals surface area contributed by atoms with Crippen LogP contribution in [0.2, 0.25) is 0 Å². The van der Waals surface area contributed by atoms with Crippen LogP contribution in [0.15, 0.2) is 27.4 Å². The first-order valence-corrected chi connectivity index (χ1v) is 6.06. The van der Waals surface area contributed by atoms with Crippen molar-refractivity contribution in [1.29, 1.82) is 0 Å². The molecule has 2 heterocycles. The van der Waals surface area contributed by atoms with Gasteiger partial charge in [0.15, 0.2) is 5.58 Å². The van der Waals surface area contributed by atoms with Gasteiger partial charge in [0.25, 0.3) is 0 Å². The number of aryl methyl sites for hydroxylation is 1. The van der Waals surface area contributed by atoms with Gasteiger partial charge < -0.3 is 15.1 Å². The lowest BCUT2D eigenvalue weighted by atomic mass is 10.1. The van der Waals surface area contributed by atoms with Gasteiger partial charge in [0.05, 0.1) is 11.2 Å². The lowest BCUT2D eigenvalue weighted by Crippen LogP contribution is -2.04. The molecule has 0 fully saturated rings. The Morgan fingerprint density at radius 1 is 1.37 bits per heavy atom. The first-order chi connectivity index (χ1) is 9.17. The highest BCUT2D eigenvalue weighted by atomic mass is 16.4. The summed E-state index contributed by atoms with van der Waals surface area (Å²) in [6.07, 6.45) is 0.732. The molecular formula is C13H14N4O2. The standard InChI is InChI=1S/C13H14N4O2/c1-7-15-9(4-5-14)12(16-7)8-2-3-11-10(6-8)17-13(18)19-11/h2-3,6H,4-5,14H2,1H3,(H,15,16)(H,17,18). The molecule has 0 amide bonds. The predicted octanol–water partition coefficient (Wildman–Crippen LogP) is 1.32. The van der Waals surface area contributed by atoms with E-state index >= 15 is 0 Å². The molecule has 0 spiro atoms. The van der Waals surface area contributed by atoms with Crippen LogP contribution in [0, 0.1) is 6.92 Å². The van der Waals surface area contributed by atoms with E-state index in [-0.39, 0.29) is 0 Å². The molecule has 0 aliphatic heterocycles. The third-order valence-electron chi connectivity index (χ3n) is 2.98. The largest absolute Gasteiger partial charge is 0.417 e. The zero-order valence-corrected chi connectivity index (χ0v) is 10.5. The second-order valence-corrected chi connectivity index (χ2v) is 4.41. The van der Waals surface area contributed by atoms with Gasteiger partial charge in [-0.15, -0.1) is 0 Å². The van der Waals surface area contributed by atoms with Gasteiger partial charge in [-0.2, -0.15) is 0 Å². The molecule has 3 aromatic rings.